The van der Waals surface area contributed by atoms with Crippen molar-refractivity contribution in [2.75, 3.05) is 26.2 Å². The molecule has 6 nitrogen and oxygen atoms in total. The van der Waals surface area contributed by atoms with Gasteiger partial charge in [0, 0.05) is 48.1 Å². The van der Waals surface area contributed by atoms with Crippen molar-refractivity contribution in [2.45, 2.75) is 37.5 Å². The summed E-state index contributed by atoms with van der Waals surface area (Å²) in [4.78, 5) is 28.2. The van der Waals surface area contributed by atoms with Gasteiger partial charge >= 0.3 is 12.2 Å². The molecule has 0 aromatic heterocycles. The number of ether oxygens (including phenoxy) is 2. The third kappa shape index (κ3) is 8.70. The minimum Gasteiger partial charge on any atom is -0.407 e. The van der Waals surface area contributed by atoms with Crippen LogP contribution in [0.4, 0.5) is 18.4 Å². The Hall–Kier alpha value is -1.18. The van der Waals surface area contributed by atoms with E-state index >= 15 is 0 Å². The smallest absolute Gasteiger partial charge is 0.407 e. The predicted molar refractivity (Wildman–Crippen MR) is 148 cm³/mol. The van der Waals surface area contributed by atoms with E-state index in [1.807, 2.05) is 0 Å². The van der Waals surface area contributed by atoms with Crippen molar-refractivity contribution in [3.8, 4) is 11.5 Å². The van der Waals surface area contributed by atoms with Gasteiger partial charge in [-0.25, -0.2) is 18.4 Å². The topological polar surface area (TPSA) is 59.1 Å². The molecule has 0 heterocycles. The van der Waals surface area contributed by atoms with Crippen LogP contribution in [0.1, 0.15) is 27.7 Å². The van der Waals surface area contributed by atoms with Crippen LogP contribution in [0.25, 0.3) is 0 Å². The van der Waals surface area contributed by atoms with Crippen LogP contribution in [0.2, 0.25) is 10.0 Å². The van der Waals surface area contributed by atoms with Gasteiger partial charge in [0.1, 0.15) is 0 Å². The molecular formula is C22H24Cl2F2N2O4S4. The van der Waals surface area contributed by atoms with E-state index < -0.39 is 23.8 Å². The molecule has 2 aromatic rings. The molecule has 0 saturated carbocycles. The Bertz CT molecular complexity index is 993. The fourth-order valence-electron chi connectivity index (χ4n) is 2.69. The minimum absolute atomic E-state index is 0.156. The highest BCUT2D eigenvalue weighted by Crippen LogP contribution is 2.52. The molecule has 0 atom stereocenters. The number of hydrogen-bond acceptors (Lipinski definition) is 8. The molecule has 2 rings (SSSR count). The van der Waals surface area contributed by atoms with Crippen molar-refractivity contribution in [1.82, 2.24) is 9.80 Å². The number of halogens is 4. The third-order valence-corrected chi connectivity index (χ3v) is 11.6. The van der Waals surface area contributed by atoms with Gasteiger partial charge in [0.15, 0.2) is 23.1 Å². The molecule has 0 aliphatic heterocycles. The fraction of sp³-hybridized carbons (Fsp3) is 0.364. The number of benzene rings is 2. The molecule has 0 fully saturated rings. The van der Waals surface area contributed by atoms with Gasteiger partial charge in [0.05, 0.1) is 10.0 Å². The van der Waals surface area contributed by atoms with E-state index in [0.717, 1.165) is 12.1 Å². The highest BCUT2D eigenvalue weighted by atomic mass is 35.5. The average molecular weight is 618 g/mol. The summed E-state index contributed by atoms with van der Waals surface area (Å²) in [5, 5.41) is 0.312. The van der Waals surface area contributed by atoms with Gasteiger partial charge in [0.2, 0.25) is 0 Å². The summed E-state index contributed by atoms with van der Waals surface area (Å²) in [7, 11) is 4.99. The second kappa shape index (κ2) is 15.3. The summed E-state index contributed by atoms with van der Waals surface area (Å²) < 4.78 is 38.9. The van der Waals surface area contributed by atoms with Crippen LogP contribution in [-0.2, 0) is 0 Å². The Balaban J connectivity index is 2.03. The average Bonchev–Trinajstić information content (AvgIpc) is 2.83. The lowest BCUT2D eigenvalue weighted by molar-refractivity contribution is 0.154. The molecule has 198 valence electrons. The molecule has 36 heavy (non-hydrogen) atoms. The molecule has 0 bridgehead atoms. The summed E-state index contributed by atoms with van der Waals surface area (Å²) >= 11 is 12.3. The van der Waals surface area contributed by atoms with Crippen molar-refractivity contribution in [3.05, 3.63) is 45.9 Å². The van der Waals surface area contributed by atoms with E-state index in [-0.39, 0.29) is 21.5 Å². The molecule has 0 radical (unpaired) electrons. The number of hydrogen-bond donors (Lipinski definition) is 0. The van der Waals surface area contributed by atoms with Crippen molar-refractivity contribution in [3.63, 3.8) is 0 Å². The predicted octanol–water partition coefficient (Wildman–Crippen LogP) is 9.05. The van der Waals surface area contributed by atoms with Gasteiger partial charge < -0.3 is 19.3 Å². The lowest BCUT2D eigenvalue weighted by atomic mass is 10.3. The van der Waals surface area contributed by atoms with E-state index in [2.05, 4.69) is 0 Å². The van der Waals surface area contributed by atoms with Crippen LogP contribution in [-0.4, -0.2) is 48.2 Å². The molecule has 2 aromatic carbocycles. The molecule has 0 N–H and O–H groups in total. The molecule has 0 aliphatic carbocycles. The number of carbonyl (C=O) groups excluding carboxylic acids is 2. The molecule has 0 saturated heterocycles. The van der Waals surface area contributed by atoms with Gasteiger partial charge in [-0.15, -0.1) is 0 Å². The van der Waals surface area contributed by atoms with E-state index in [9.17, 15) is 18.4 Å². The second-order valence-electron chi connectivity index (χ2n) is 6.81. The zero-order chi connectivity index (χ0) is 26.8. The van der Waals surface area contributed by atoms with Gasteiger partial charge in [-0.1, -0.05) is 23.2 Å². The quantitative estimate of drug-likeness (QED) is 0.183. The molecule has 0 spiro atoms. The number of carbonyl (C=O) groups is 2. The number of amides is 2. The first-order chi connectivity index (χ1) is 17.1. The Labute approximate surface area is 234 Å². The fourth-order valence-corrected chi connectivity index (χ4v) is 9.04. The first kappa shape index (κ1) is 31.0. The SMILES string of the molecule is CCN(CC)C(=O)Oc1cc(SSSSc2cc(OC(=O)N(CC)CC)c(F)cc2Cl)c(Cl)cc1F. The maximum absolute atomic E-state index is 14.3. The zero-order valence-electron chi connectivity index (χ0n) is 19.8. The van der Waals surface area contributed by atoms with Gasteiger partial charge in [-0.05, 0) is 81.1 Å². The van der Waals surface area contributed by atoms with E-state index in [1.165, 1.54) is 63.2 Å². The largest absolute Gasteiger partial charge is 0.415 e. The van der Waals surface area contributed by atoms with E-state index in [0.29, 0.717) is 36.0 Å². The lowest BCUT2D eigenvalue weighted by Crippen LogP contribution is -2.33. The normalized spacial score (nSPS) is 10.8. The van der Waals surface area contributed by atoms with Gasteiger partial charge in [-0.3, -0.25) is 0 Å². The lowest BCUT2D eigenvalue weighted by Gasteiger charge is -2.18. The summed E-state index contributed by atoms with van der Waals surface area (Å²) in [5.74, 6) is -1.94. The van der Waals surface area contributed by atoms with E-state index in [4.69, 9.17) is 32.7 Å². The van der Waals surface area contributed by atoms with Gasteiger partial charge in [0.25, 0.3) is 0 Å². The molecule has 0 aliphatic rings. The van der Waals surface area contributed by atoms with Crippen LogP contribution in [0.3, 0.4) is 0 Å². The first-order valence-electron chi connectivity index (χ1n) is 10.7. The van der Waals surface area contributed by atoms with Crippen molar-refractivity contribution in [1.29, 1.82) is 0 Å². The second-order valence-corrected chi connectivity index (χ2v) is 13.4. The van der Waals surface area contributed by atoms with Gasteiger partial charge in [-0.2, -0.15) is 0 Å². The standard InChI is InChI=1S/C22H24Cl2F2N2O4S4/c1-5-27(6-2)21(29)31-17-11-19(13(23)9-15(17)25)33-35-36-34-20-12-18(16(26)10-14(20)24)32-22(30)28(7-3)8-4/h9-12H,5-8H2,1-4H3. The Morgan fingerprint density at radius 1 is 0.722 bits per heavy atom. The third-order valence-electron chi connectivity index (χ3n) is 4.69. The van der Waals surface area contributed by atoms with Crippen molar-refractivity contribution < 1.29 is 27.8 Å². The maximum atomic E-state index is 14.3. The Morgan fingerprint density at radius 2 is 1.06 bits per heavy atom. The molecular weight excluding hydrogens is 593 g/mol. The summed E-state index contributed by atoms with van der Waals surface area (Å²) in [6.07, 6.45) is -1.31. The van der Waals surface area contributed by atoms with Crippen LogP contribution in [0.15, 0.2) is 34.1 Å². The zero-order valence-corrected chi connectivity index (χ0v) is 24.6. The summed E-state index contributed by atoms with van der Waals surface area (Å²) in [6, 6.07) is 4.89. The highest BCUT2D eigenvalue weighted by Gasteiger charge is 2.19. The summed E-state index contributed by atoms with van der Waals surface area (Å²) in [6.45, 7) is 8.89. The number of nitrogens with zero attached hydrogens (tertiary/aromatic N) is 2. The van der Waals surface area contributed by atoms with Crippen LogP contribution < -0.4 is 9.47 Å². The van der Waals surface area contributed by atoms with Crippen LogP contribution >= 0.6 is 64.4 Å². The molecule has 14 heteroatoms. The van der Waals surface area contributed by atoms with E-state index in [1.54, 1.807) is 27.7 Å². The summed E-state index contributed by atoms with van der Waals surface area (Å²) in [5.41, 5.74) is 0. The highest BCUT2D eigenvalue weighted by molar-refractivity contribution is 9.26. The van der Waals surface area contributed by atoms with Crippen LogP contribution in [0, 0.1) is 11.6 Å². The monoisotopic (exact) mass is 616 g/mol. The maximum Gasteiger partial charge on any atom is 0.415 e. The number of rotatable bonds is 11. The Morgan fingerprint density at radius 3 is 1.36 bits per heavy atom. The minimum atomic E-state index is -0.748. The molecule has 2 amide bonds. The van der Waals surface area contributed by atoms with Crippen LogP contribution in [0.5, 0.6) is 11.5 Å². The van der Waals surface area contributed by atoms with Crippen molar-refractivity contribution in [2.24, 2.45) is 0 Å². The molecule has 0 unspecified atom stereocenters. The Kier molecular flexibility index (Phi) is 13.2. The first-order valence-corrected chi connectivity index (χ1v) is 16.3. The van der Waals surface area contributed by atoms with Crippen molar-refractivity contribution >= 4 is 76.6 Å².